The van der Waals surface area contributed by atoms with Crippen molar-refractivity contribution >= 4 is 0 Å². The van der Waals surface area contributed by atoms with E-state index in [0.29, 0.717) is 17.7 Å². The van der Waals surface area contributed by atoms with Gasteiger partial charge in [0.2, 0.25) is 11.8 Å². The Bertz CT molecular complexity index is 1030. The Labute approximate surface area is 161 Å². The summed E-state index contributed by atoms with van der Waals surface area (Å²) < 4.78 is 16.9. The minimum Gasteiger partial charge on any atom is -0.474 e. The number of hydrogen-bond donors (Lipinski definition) is 1. The van der Waals surface area contributed by atoms with E-state index in [1.165, 1.54) is 11.6 Å². The second-order valence-electron chi connectivity index (χ2n) is 7.87. The second-order valence-corrected chi connectivity index (χ2v) is 7.87. The molecule has 0 bridgehead atoms. The number of nitrogens with zero attached hydrogens (tertiary/aromatic N) is 2. The van der Waals surface area contributed by atoms with Crippen molar-refractivity contribution in [1.82, 2.24) is 15.1 Å². The molecule has 28 heavy (non-hydrogen) atoms. The molecule has 0 radical (unpaired) electrons. The lowest BCUT2D eigenvalue weighted by molar-refractivity contribution is 0.0442. The molecule has 0 aliphatic heterocycles. The van der Waals surface area contributed by atoms with E-state index in [2.05, 4.69) is 34.2 Å². The van der Waals surface area contributed by atoms with E-state index in [1.807, 2.05) is 12.3 Å². The Morgan fingerprint density at radius 1 is 1.07 bits per heavy atom. The smallest absolute Gasteiger partial charge is 0.280 e. The number of rotatable bonds is 6. The van der Waals surface area contributed by atoms with E-state index in [9.17, 15) is 4.79 Å². The van der Waals surface area contributed by atoms with Crippen LogP contribution >= 0.6 is 0 Å². The molecule has 0 amide bonds. The van der Waals surface area contributed by atoms with Crippen LogP contribution in [0.5, 0.6) is 11.8 Å². The lowest BCUT2D eigenvalue weighted by Gasteiger charge is -2.45. The monoisotopic (exact) mass is 379 g/mol. The van der Waals surface area contributed by atoms with Crippen LogP contribution in [0, 0.1) is 0 Å². The molecule has 2 saturated carbocycles. The van der Waals surface area contributed by atoms with Gasteiger partial charge in [-0.05, 0) is 48.8 Å². The molecule has 5 rings (SSSR count). The molecular formula is C21H21N3O4. The van der Waals surface area contributed by atoms with Gasteiger partial charge in [0, 0.05) is 30.1 Å². The summed E-state index contributed by atoms with van der Waals surface area (Å²) in [7, 11) is 0. The molecule has 3 aromatic heterocycles. The maximum Gasteiger partial charge on any atom is 0.280 e. The van der Waals surface area contributed by atoms with Gasteiger partial charge in [-0.15, -0.1) is 0 Å². The Morgan fingerprint density at radius 3 is 2.57 bits per heavy atom. The van der Waals surface area contributed by atoms with Crippen LogP contribution in [0.15, 0.2) is 52.0 Å². The summed E-state index contributed by atoms with van der Waals surface area (Å²) in [4.78, 5) is 19.8. The fraction of sp³-hybridized carbons (Fsp3) is 0.381. The highest BCUT2D eigenvalue weighted by Gasteiger charge is 2.43. The highest BCUT2D eigenvalue weighted by atomic mass is 16.5. The molecule has 144 valence electrons. The first-order chi connectivity index (χ1) is 13.6. The summed E-state index contributed by atoms with van der Waals surface area (Å²) in [6.07, 6.45) is 8.01. The SMILES string of the molecule is CC1(c2ccnc(OC3CC3)c2)CC(Oc2ccc(-c3cc(=O)[nH]o3)cn2)C1. The number of pyridine rings is 2. The molecule has 0 saturated heterocycles. The van der Waals surface area contributed by atoms with Crippen molar-refractivity contribution in [2.45, 2.75) is 50.2 Å². The van der Waals surface area contributed by atoms with Gasteiger partial charge in [-0.1, -0.05) is 6.92 Å². The summed E-state index contributed by atoms with van der Waals surface area (Å²) in [5.74, 6) is 1.75. The molecule has 2 aliphatic carbocycles. The van der Waals surface area contributed by atoms with Gasteiger partial charge in [-0.2, -0.15) is 5.16 Å². The predicted octanol–water partition coefficient (Wildman–Crippen LogP) is 3.47. The van der Waals surface area contributed by atoms with Crippen molar-refractivity contribution in [3.8, 4) is 23.1 Å². The zero-order valence-corrected chi connectivity index (χ0v) is 15.6. The number of H-pyrrole nitrogens is 1. The molecule has 0 unspecified atom stereocenters. The minimum absolute atomic E-state index is 0.0593. The van der Waals surface area contributed by atoms with Gasteiger partial charge >= 0.3 is 0 Å². The van der Waals surface area contributed by atoms with Gasteiger partial charge < -0.3 is 14.0 Å². The van der Waals surface area contributed by atoms with E-state index in [1.54, 1.807) is 12.3 Å². The van der Waals surface area contributed by atoms with Crippen molar-refractivity contribution in [1.29, 1.82) is 0 Å². The molecule has 7 nitrogen and oxygen atoms in total. The largest absolute Gasteiger partial charge is 0.474 e. The summed E-state index contributed by atoms with van der Waals surface area (Å²) in [6, 6.07) is 9.15. The Morgan fingerprint density at radius 2 is 1.89 bits per heavy atom. The van der Waals surface area contributed by atoms with Gasteiger partial charge in [0.05, 0.1) is 6.07 Å². The number of aromatic amines is 1. The first kappa shape index (κ1) is 17.0. The third-order valence-corrected chi connectivity index (χ3v) is 5.43. The molecular weight excluding hydrogens is 358 g/mol. The number of nitrogens with one attached hydrogen (secondary N) is 1. The topological polar surface area (TPSA) is 90.2 Å². The van der Waals surface area contributed by atoms with E-state index >= 15 is 0 Å². The molecule has 2 fully saturated rings. The first-order valence-electron chi connectivity index (χ1n) is 9.52. The maximum absolute atomic E-state index is 11.2. The van der Waals surface area contributed by atoms with E-state index < -0.39 is 0 Å². The van der Waals surface area contributed by atoms with Crippen molar-refractivity contribution in [3.05, 3.63) is 58.6 Å². The van der Waals surface area contributed by atoms with Crippen molar-refractivity contribution in [3.63, 3.8) is 0 Å². The van der Waals surface area contributed by atoms with Crippen LogP contribution in [-0.4, -0.2) is 27.3 Å². The molecule has 0 spiro atoms. The molecule has 0 aromatic carbocycles. The zero-order valence-electron chi connectivity index (χ0n) is 15.6. The van der Waals surface area contributed by atoms with Gasteiger partial charge in [0.15, 0.2) is 5.76 Å². The van der Waals surface area contributed by atoms with Gasteiger partial charge in [0.25, 0.3) is 5.56 Å². The minimum atomic E-state index is -0.272. The summed E-state index contributed by atoms with van der Waals surface area (Å²) in [5, 5.41) is 2.27. The predicted molar refractivity (Wildman–Crippen MR) is 101 cm³/mol. The first-order valence-corrected chi connectivity index (χ1v) is 9.52. The molecule has 2 aliphatic rings. The van der Waals surface area contributed by atoms with Crippen LogP contribution in [0.4, 0.5) is 0 Å². The van der Waals surface area contributed by atoms with Crippen LogP contribution in [0.3, 0.4) is 0 Å². The number of aromatic nitrogens is 3. The summed E-state index contributed by atoms with van der Waals surface area (Å²) in [5.41, 5.74) is 1.75. The molecule has 0 atom stereocenters. The van der Waals surface area contributed by atoms with Gasteiger partial charge in [-0.25, -0.2) is 9.97 Å². The maximum atomic E-state index is 11.2. The zero-order chi connectivity index (χ0) is 19.1. The van der Waals surface area contributed by atoms with Crippen LogP contribution < -0.4 is 15.0 Å². The number of hydrogen-bond acceptors (Lipinski definition) is 6. The fourth-order valence-corrected chi connectivity index (χ4v) is 3.66. The summed E-state index contributed by atoms with van der Waals surface area (Å²) in [6.45, 7) is 2.24. The Balaban J connectivity index is 1.21. The fourth-order valence-electron chi connectivity index (χ4n) is 3.66. The van der Waals surface area contributed by atoms with Crippen molar-refractivity contribution in [2.75, 3.05) is 0 Å². The van der Waals surface area contributed by atoms with E-state index in [4.69, 9.17) is 14.0 Å². The third kappa shape index (κ3) is 3.40. The van der Waals surface area contributed by atoms with Crippen LogP contribution in [0.2, 0.25) is 0 Å². The summed E-state index contributed by atoms with van der Waals surface area (Å²) >= 11 is 0. The average Bonchev–Trinajstić information content (AvgIpc) is 3.38. The lowest BCUT2D eigenvalue weighted by atomic mass is 9.64. The highest BCUT2D eigenvalue weighted by molar-refractivity contribution is 5.55. The van der Waals surface area contributed by atoms with Crippen LogP contribution in [0.25, 0.3) is 11.3 Å². The van der Waals surface area contributed by atoms with Crippen molar-refractivity contribution in [2.24, 2.45) is 0 Å². The standard InChI is InChI=1S/C21H21N3O4/c1-21(14-6-7-22-20(8-14)26-15-3-4-15)10-16(11-21)27-19-5-2-13(12-23-19)17-9-18(25)24-28-17/h2,5-9,12,15-16H,3-4,10-11H2,1H3,(H,24,25). The number of ether oxygens (including phenoxy) is 2. The lowest BCUT2D eigenvalue weighted by Crippen LogP contribution is -2.45. The Kier molecular flexibility index (Phi) is 3.96. The van der Waals surface area contributed by atoms with E-state index in [0.717, 1.165) is 37.1 Å². The van der Waals surface area contributed by atoms with Gasteiger partial charge in [-0.3, -0.25) is 4.79 Å². The quantitative estimate of drug-likeness (QED) is 0.705. The Hall–Kier alpha value is -3.09. The normalized spacial score (nSPS) is 23.8. The third-order valence-electron chi connectivity index (χ3n) is 5.43. The van der Waals surface area contributed by atoms with Crippen LogP contribution in [0.1, 0.15) is 38.2 Å². The molecule has 7 heteroatoms. The molecule has 3 aromatic rings. The second kappa shape index (κ2) is 6.51. The van der Waals surface area contributed by atoms with Gasteiger partial charge in [0.1, 0.15) is 12.2 Å². The average molecular weight is 379 g/mol. The molecule has 1 N–H and O–H groups in total. The van der Waals surface area contributed by atoms with Crippen LogP contribution in [-0.2, 0) is 5.41 Å². The van der Waals surface area contributed by atoms with Crippen molar-refractivity contribution < 1.29 is 14.0 Å². The highest BCUT2D eigenvalue weighted by Crippen LogP contribution is 2.45. The molecule has 3 heterocycles. The van der Waals surface area contributed by atoms with E-state index in [-0.39, 0.29) is 17.1 Å².